The number of nitrogens with zero attached hydrogens (tertiary/aromatic N) is 1. The summed E-state index contributed by atoms with van der Waals surface area (Å²) >= 11 is 0. The summed E-state index contributed by atoms with van der Waals surface area (Å²) in [5.74, 6) is 0.749. The van der Waals surface area contributed by atoms with Crippen molar-refractivity contribution in [3.05, 3.63) is 24.3 Å². The summed E-state index contributed by atoms with van der Waals surface area (Å²) in [6.07, 6.45) is 4.88. The first kappa shape index (κ1) is 13.6. The van der Waals surface area contributed by atoms with E-state index in [1.807, 2.05) is 24.3 Å². The summed E-state index contributed by atoms with van der Waals surface area (Å²) in [7, 11) is 1.29. The van der Waals surface area contributed by atoms with Gasteiger partial charge in [-0.1, -0.05) is 6.42 Å². The Morgan fingerprint density at radius 3 is 2.72 bits per heavy atom. The van der Waals surface area contributed by atoms with Crippen LogP contribution < -0.4 is 5.73 Å². The Hall–Kier alpha value is -0.870. The molecule has 1 aliphatic rings. The lowest BCUT2D eigenvalue weighted by Crippen LogP contribution is -2.37. The molecule has 4 heteroatoms. The van der Waals surface area contributed by atoms with Crippen molar-refractivity contribution in [1.29, 1.82) is 0 Å². The molecule has 0 aliphatic carbocycles. The van der Waals surface area contributed by atoms with Crippen LogP contribution in [-0.2, 0) is 10.8 Å². The van der Waals surface area contributed by atoms with Crippen molar-refractivity contribution in [3.63, 3.8) is 0 Å². The Labute approximate surface area is 112 Å². The molecule has 2 N–H and O–H groups in total. The van der Waals surface area contributed by atoms with Gasteiger partial charge in [-0.3, -0.25) is 4.21 Å². The van der Waals surface area contributed by atoms with Gasteiger partial charge < -0.3 is 10.6 Å². The Balaban J connectivity index is 1.86. The highest BCUT2D eigenvalue weighted by molar-refractivity contribution is 7.85. The maximum atomic E-state index is 12.2. The minimum absolute atomic E-state index is 0.608. The van der Waals surface area contributed by atoms with Gasteiger partial charge in [-0.25, -0.2) is 0 Å². The van der Waals surface area contributed by atoms with E-state index in [1.54, 1.807) is 0 Å². The number of nitrogen functional groups attached to an aromatic ring is 1. The molecule has 1 aliphatic heterocycles. The van der Waals surface area contributed by atoms with Gasteiger partial charge in [-0.2, -0.15) is 0 Å². The lowest BCUT2D eigenvalue weighted by atomic mass is 10.0. The average Bonchev–Trinajstić information content (AvgIpc) is 2.38. The van der Waals surface area contributed by atoms with E-state index < -0.39 is 10.8 Å². The van der Waals surface area contributed by atoms with E-state index >= 15 is 0 Å². The van der Waals surface area contributed by atoms with Crippen LogP contribution in [0.3, 0.4) is 0 Å². The molecule has 2 rings (SSSR count). The highest BCUT2D eigenvalue weighted by Gasteiger charge is 2.19. The maximum Gasteiger partial charge on any atom is 0.0530 e. The standard InChI is InChI=1S/C14H22N2OS/c1-16-10-3-2-4-13(16)9-11-18(17)14-7-5-12(15)6-8-14/h5-8,13H,2-4,9-11,15H2,1H3. The van der Waals surface area contributed by atoms with Crippen LogP contribution in [0.25, 0.3) is 0 Å². The quantitative estimate of drug-likeness (QED) is 0.850. The molecular weight excluding hydrogens is 244 g/mol. The van der Waals surface area contributed by atoms with Crippen LogP contribution in [-0.4, -0.2) is 34.5 Å². The van der Waals surface area contributed by atoms with Crippen molar-refractivity contribution in [1.82, 2.24) is 4.90 Å². The third-order valence-electron chi connectivity index (χ3n) is 3.70. The molecule has 0 amide bonds. The zero-order valence-corrected chi connectivity index (χ0v) is 11.8. The molecule has 100 valence electrons. The zero-order chi connectivity index (χ0) is 13.0. The van der Waals surface area contributed by atoms with Crippen LogP contribution in [0, 0.1) is 0 Å². The molecule has 1 aromatic rings. The fourth-order valence-corrected chi connectivity index (χ4v) is 3.65. The van der Waals surface area contributed by atoms with Crippen LogP contribution in [0.4, 0.5) is 5.69 Å². The van der Waals surface area contributed by atoms with E-state index in [-0.39, 0.29) is 0 Å². The van der Waals surface area contributed by atoms with Gasteiger partial charge in [0, 0.05) is 22.4 Å². The second-order valence-electron chi connectivity index (χ2n) is 5.04. The minimum Gasteiger partial charge on any atom is -0.399 e. The molecule has 0 spiro atoms. The van der Waals surface area contributed by atoms with Crippen molar-refractivity contribution in [2.24, 2.45) is 0 Å². The molecular formula is C14H22N2OS. The van der Waals surface area contributed by atoms with Crippen molar-refractivity contribution >= 4 is 16.5 Å². The molecule has 2 unspecified atom stereocenters. The Morgan fingerprint density at radius 1 is 1.33 bits per heavy atom. The summed E-state index contributed by atoms with van der Waals surface area (Å²) in [6.45, 7) is 1.18. The van der Waals surface area contributed by atoms with Crippen LogP contribution in [0.15, 0.2) is 29.2 Å². The number of likely N-dealkylation sites (tertiary alicyclic amines) is 1. The molecule has 0 radical (unpaired) electrons. The zero-order valence-electron chi connectivity index (χ0n) is 11.0. The van der Waals surface area contributed by atoms with Crippen molar-refractivity contribution in [2.75, 3.05) is 25.1 Å². The SMILES string of the molecule is CN1CCCCC1CCS(=O)c1ccc(N)cc1. The lowest BCUT2D eigenvalue weighted by molar-refractivity contribution is 0.182. The molecule has 0 saturated carbocycles. The summed E-state index contributed by atoms with van der Waals surface area (Å²) in [5, 5.41) is 0. The lowest BCUT2D eigenvalue weighted by Gasteiger charge is -2.32. The van der Waals surface area contributed by atoms with Gasteiger partial charge in [0.15, 0.2) is 0 Å². The van der Waals surface area contributed by atoms with Crippen molar-refractivity contribution < 1.29 is 4.21 Å². The Morgan fingerprint density at radius 2 is 2.06 bits per heavy atom. The van der Waals surface area contributed by atoms with Gasteiger partial charge in [0.2, 0.25) is 0 Å². The summed E-state index contributed by atoms with van der Waals surface area (Å²) in [6, 6.07) is 7.99. The van der Waals surface area contributed by atoms with E-state index in [2.05, 4.69) is 11.9 Å². The van der Waals surface area contributed by atoms with E-state index in [4.69, 9.17) is 5.73 Å². The highest BCUT2D eigenvalue weighted by atomic mass is 32.2. The first-order valence-corrected chi connectivity index (χ1v) is 7.93. The minimum atomic E-state index is -0.891. The number of hydrogen-bond donors (Lipinski definition) is 1. The number of rotatable bonds is 4. The molecule has 1 fully saturated rings. The van der Waals surface area contributed by atoms with Gasteiger partial charge >= 0.3 is 0 Å². The first-order chi connectivity index (χ1) is 8.66. The van der Waals surface area contributed by atoms with Crippen LogP contribution in [0.5, 0.6) is 0 Å². The number of nitrogens with two attached hydrogens (primary N) is 1. The highest BCUT2D eigenvalue weighted by Crippen LogP contribution is 2.19. The number of benzene rings is 1. The van der Waals surface area contributed by atoms with Gasteiger partial charge in [0.05, 0.1) is 10.8 Å². The Bertz CT molecular complexity index is 405. The van der Waals surface area contributed by atoms with E-state index in [9.17, 15) is 4.21 Å². The molecule has 3 nitrogen and oxygen atoms in total. The molecule has 1 aromatic carbocycles. The Kier molecular flexibility index (Phi) is 4.78. The first-order valence-electron chi connectivity index (χ1n) is 6.61. The van der Waals surface area contributed by atoms with E-state index in [1.165, 1.54) is 25.8 Å². The largest absolute Gasteiger partial charge is 0.399 e. The fraction of sp³-hybridized carbons (Fsp3) is 0.571. The number of hydrogen-bond acceptors (Lipinski definition) is 3. The molecule has 2 atom stereocenters. The summed E-state index contributed by atoms with van der Waals surface area (Å²) in [4.78, 5) is 3.30. The second-order valence-corrected chi connectivity index (χ2v) is 6.61. The van der Waals surface area contributed by atoms with Gasteiger partial charge in [0.25, 0.3) is 0 Å². The average molecular weight is 266 g/mol. The predicted octanol–water partition coefficient (Wildman–Crippen LogP) is 2.25. The van der Waals surface area contributed by atoms with Crippen molar-refractivity contribution in [2.45, 2.75) is 36.6 Å². The second kappa shape index (κ2) is 6.34. The van der Waals surface area contributed by atoms with Crippen LogP contribution in [0.1, 0.15) is 25.7 Å². The van der Waals surface area contributed by atoms with Gasteiger partial charge in [0.1, 0.15) is 0 Å². The number of piperidine rings is 1. The smallest absolute Gasteiger partial charge is 0.0530 e. The van der Waals surface area contributed by atoms with Gasteiger partial charge in [-0.05, 0) is 57.1 Å². The molecule has 1 saturated heterocycles. The maximum absolute atomic E-state index is 12.2. The van der Waals surface area contributed by atoms with Crippen LogP contribution in [0.2, 0.25) is 0 Å². The summed E-state index contributed by atoms with van der Waals surface area (Å²) in [5.41, 5.74) is 6.36. The topological polar surface area (TPSA) is 46.3 Å². The molecule has 1 heterocycles. The molecule has 18 heavy (non-hydrogen) atoms. The fourth-order valence-electron chi connectivity index (χ4n) is 2.49. The number of anilines is 1. The molecule has 0 aromatic heterocycles. The molecule has 0 bridgehead atoms. The monoisotopic (exact) mass is 266 g/mol. The van der Waals surface area contributed by atoms with E-state index in [0.717, 1.165) is 22.8 Å². The van der Waals surface area contributed by atoms with Crippen LogP contribution >= 0.6 is 0 Å². The predicted molar refractivity (Wildman–Crippen MR) is 77.0 cm³/mol. The van der Waals surface area contributed by atoms with E-state index in [0.29, 0.717) is 6.04 Å². The normalized spacial score (nSPS) is 22.8. The third kappa shape index (κ3) is 3.56. The van der Waals surface area contributed by atoms with Gasteiger partial charge in [-0.15, -0.1) is 0 Å². The van der Waals surface area contributed by atoms with Crippen molar-refractivity contribution in [3.8, 4) is 0 Å². The third-order valence-corrected chi connectivity index (χ3v) is 5.11. The summed E-state index contributed by atoms with van der Waals surface area (Å²) < 4.78 is 12.2.